The maximum Gasteiger partial charge on any atom is 0.291 e. The van der Waals surface area contributed by atoms with Crippen LogP contribution in [0.4, 0.5) is 13.2 Å². The summed E-state index contributed by atoms with van der Waals surface area (Å²) in [6, 6.07) is -2.25. The van der Waals surface area contributed by atoms with Gasteiger partial charge in [-0.3, -0.25) is 29.4 Å². The number of carbonyl (C=O) groups is 5. The minimum atomic E-state index is -3.11. The molecular weight excluding hydrogens is 567 g/mol. The first-order chi connectivity index (χ1) is 18.8. The first kappa shape index (κ1) is 31.4. The average Bonchev–Trinajstić information content (AvgIpc) is 3.15. The van der Waals surface area contributed by atoms with Gasteiger partial charge < -0.3 is 15.5 Å². The van der Waals surface area contributed by atoms with E-state index in [9.17, 15) is 37.1 Å². The number of hydrogen-bond acceptors (Lipinski definition) is 5. The number of amides is 5. The molecule has 3 N–H and O–H groups in total. The molecule has 2 saturated heterocycles. The molecule has 4 fully saturated rings. The molecule has 41 heavy (non-hydrogen) atoms. The molecule has 4 aliphatic rings. The summed E-state index contributed by atoms with van der Waals surface area (Å²) in [7, 11) is 0. The summed E-state index contributed by atoms with van der Waals surface area (Å²) in [6.07, 6.45) is 1.95. The zero-order valence-electron chi connectivity index (χ0n) is 23.9. The fourth-order valence-corrected chi connectivity index (χ4v) is 6.61. The fourth-order valence-electron chi connectivity index (χ4n) is 6.49. The molecule has 5 amide bonds. The Labute approximate surface area is 242 Å². The van der Waals surface area contributed by atoms with Gasteiger partial charge in [0.25, 0.3) is 23.4 Å². The van der Waals surface area contributed by atoms with E-state index in [0.717, 1.165) is 12.8 Å². The lowest BCUT2D eigenvalue weighted by molar-refractivity contribution is -0.150. The Hall–Kier alpha value is -2.57. The van der Waals surface area contributed by atoms with Gasteiger partial charge in [-0.25, -0.2) is 18.2 Å². The molecular formula is C27H39ClF3N5O5. The smallest absolute Gasteiger partial charge is 0.291 e. The van der Waals surface area contributed by atoms with Crippen LogP contribution >= 0.6 is 11.6 Å². The van der Waals surface area contributed by atoms with Gasteiger partial charge in [0.2, 0.25) is 17.7 Å². The number of halogens is 4. The summed E-state index contributed by atoms with van der Waals surface area (Å²) in [5.41, 5.74) is -1.48. The molecule has 2 saturated carbocycles. The Kier molecular flexibility index (Phi) is 8.36. The van der Waals surface area contributed by atoms with Crippen molar-refractivity contribution in [3.63, 3.8) is 0 Å². The molecule has 7 atom stereocenters. The van der Waals surface area contributed by atoms with Crippen molar-refractivity contribution in [3.8, 4) is 0 Å². The van der Waals surface area contributed by atoms with Crippen molar-refractivity contribution in [1.82, 2.24) is 26.0 Å². The second-order valence-corrected chi connectivity index (χ2v) is 14.0. The van der Waals surface area contributed by atoms with Crippen LogP contribution in [-0.4, -0.2) is 81.7 Å². The van der Waals surface area contributed by atoms with Gasteiger partial charge in [0, 0.05) is 18.5 Å². The molecule has 0 aromatic heterocycles. The SMILES string of the molecule is CC1(C)C[C@H](CN(NC(=O)[C@@H]2[C@H]3CCC[C@H]3CN2C(=O)[C@@H](NC(=O)[C@@H]2CC2(F)F)C(C)(C)C)C(=O)[C@H](F)Cl)C(=O)N1. The first-order valence-corrected chi connectivity index (χ1v) is 14.5. The Balaban J connectivity index is 1.56. The topological polar surface area (TPSA) is 128 Å². The van der Waals surface area contributed by atoms with Crippen LogP contribution < -0.4 is 16.1 Å². The summed E-state index contributed by atoms with van der Waals surface area (Å²) in [5.74, 6) is -9.49. The third-order valence-electron chi connectivity index (χ3n) is 8.67. The highest BCUT2D eigenvalue weighted by atomic mass is 35.5. The molecule has 2 aliphatic carbocycles. The lowest BCUT2D eigenvalue weighted by atomic mass is 9.85. The van der Waals surface area contributed by atoms with E-state index in [2.05, 4.69) is 16.1 Å². The van der Waals surface area contributed by atoms with E-state index in [1.54, 1.807) is 34.6 Å². The van der Waals surface area contributed by atoms with E-state index < -0.39 is 76.5 Å². The fraction of sp³-hybridized carbons (Fsp3) is 0.815. The zero-order valence-corrected chi connectivity index (χ0v) is 24.7. The Morgan fingerprint density at radius 1 is 1.15 bits per heavy atom. The average molecular weight is 606 g/mol. The molecule has 0 spiro atoms. The van der Waals surface area contributed by atoms with Crippen molar-refractivity contribution in [2.24, 2.45) is 29.1 Å². The second kappa shape index (κ2) is 10.9. The van der Waals surface area contributed by atoms with Gasteiger partial charge in [-0.1, -0.05) is 38.8 Å². The van der Waals surface area contributed by atoms with Gasteiger partial charge in [-0.15, -0.1) is 0 Å². The van der Waals surface area contributed by atoms with Crippen molar-refractivity contribution in [3.05, 3.63) is 0 Å². The third-order valence-corrected chi connectivity index (χ3v) is 8.86. The summed E-state index contributed by atoms with van der Waals surface area (Å²) in [4.78, 5) is 66.7. The monoisotopic (exact) mass is 605 g/mol. The number of nitrogens with one attached hydrogen (secondary N) is 3. The molecule has 0 unspecified atom stereocenters. The van der Waals surface area contributed by atoms with Gasteiger partial charge in [0.05, 0.1) is 12.5 Å². The lowest BCUT2D eigenvalue weighted by Crippen LogP contribution is -2.61. The van der Waals surface area contributed by atoms with Crippen LogP contribution in [0.15, 0.2) is 0 Å². The van der Waals surface area contributed by atoms with E-state index >= 15 is 0 Å². The summed E-state index contributed by atoms with van der Waals surface area (Å²) in [5, 5.41) is 5.98. The van der Waals surface area contributed by atoms with Crippen molar-refractivity contribution in [2.75, 3.05) is 13.1 Å². The van der Waals surface area contributed by atoms with Crippen molar-refractivity contribution in [2.45, 2.75) is 95.9 Å². The highest BCUT2D eigenvalue weighted by molar-refractivity contribution is 6.29. The standard InChI is InChI=1S/C27H39ClF3N5O5/c1-25(2,3)18(32-21(38)16-10-27(16,30)31)23(40)35-11-13-7-6-8-15(13)17(35)22(39)34-36(24(41)19(28)29)12-14-9-26(4,5)33-20(14)37/h13-19H,6-12H2,1-5H3,(H,32,38)(H,33,37)(H,34,39)/t13-,14+,15-,16-,17-,18+,19-/m0/s1. The van der Waals surface area contributed by atoms with Crippen LogP contribution in [0.3, 0.4) is 0 Å². The van der Waals surface area contributed by atoms with Crippen LogP contribution in [0, 0.1) is 29.1 Å². The third kappa shape index (κ3) is 6.59. The Morgan fingerprint density at radius 3 is 2.29 bits per heavy atom. The van der Waals surface area contributed by atoms with Crippen LogP contribution in [0.25, 0.3) is 0 Å². The summed E-state index contributed by atoms with van der Waals surface area (Å²) < 4.78 is 41.1. The number of rotatable bonds is 7. The molecule has 2 aliphatic heterocycles. The number of likely N-dealkylation sites (tertiary alicyclic amines) is 1. The second-order valence-electron chi connectivity index (χ2n) is 13.6. The molecule has 0 aromatic rings. The predicted octanol–water partition coefficient (Wildman–Crippen LogP) is 2.11. The predicted molar refractivity (Wildman–Crippen MR) is 142 cm³/mol. The van der Waals surface area contributed by atoms with Gasteiger partial charge >= 0.3 is 0 Å². The Bertz CT molecular complexity index is 1110. The number of alkyl halides is 4. The van der Waals surface area contributed by atoms with E-state index in [1.165, 1.54) is 4.90 Å². The van der Waals surface area contributed by atoms with Crippen molar-refractivity contribution < 1.29 is 37.1 Å². The van der Waals surface area contributed by atoms with E-state index in [-0.39, 0.29) is 30.8 Å². The quantitative estimate of drug-likeness (QED) is 0.303. The number of fused-ring (bicyclic) bond motifs is 1. The van der Waals surface area contributed by atoms with Gasteiger partial charge in [0.15, 0.2) is 0 Å². The highest BCUT2D eigenvalue weighted by Crippen LogP contribution is 2.49. The van der Waals surface area contributed by atoms with Crippen LogP contribution in [0.1, 0.15) is 66.7 Å². The molecule has 2 heterocycles. The summed E-state index contributed by atoms with van der Waals surface area (Å²) >= 11 is 5.44. The number of hydrazine groups is 1. The van der Waals surface area contributed by atoms with E-state index in [0.29, 0.717) is 17.9 Å². The maximum atomic E-state index is 14.0. The van der Waals surface area contributed by atoms with E-state index in [1.807, 2.05) is 0 Å². The lowest BCUT2D eigenvalue weighted by Gasteiger charge is -2.37. The molecule has 0 aromatic carbocycles. The number of hydrogen-bond donors (Lipinski definition) is 3. The molecule has 0 radical (unpaired) electrons. The van der Waals surface area contributed by atoms with Gasteiger partial charge in [-0.2, -0.15) is 0 Å². The first-order valence-electron chi connectivity index (χ1n) is 14.0. The van der Waals surface area contributed by atoms with Gasteiger partial charge in [0.1, 0.15) is 18.0 Å². The zero-order chi connectivity index (χ0) is 30.7. The van der Waals surface area contributed by atoms with Crippen molar-refractivity contribution >= 4 is 41.1 Å². The minimum absolute atomic E-state index is 0.0219. The van der Waals surface area contributed by atoms with E-state index in [4.69, 9.17) is 11.6 Å². The normalized spacial score (nSPS) is 31.1. The molecule has 14 heteroatoms. The molecule has 230 valence electrons. The molecule has 0 bridgehead atoms. The van der Waals surface area contributed by atoms with Crippen LogP contribution in [-0.2, 0) is 24.0 Å². The molecule has 4 rings (SSSR count). The number of carbonyl (C=O) groups excluding carboxylic acids is 5. The molecule has 10 nitrogen and oxygen atoms in total. The highest BCUT2D eigenvalue weighted by Gasteiger charge is 2.62. The van der Waals surface area contributed by atoms with Gasteiger partial charge in [-0.05, 0) is 50.4 Å². The largest absolute Gasteiger partial charge is 0.351 e. The minimum Gasteiger partial charge on any atom is -0.351 e. The summed E-state index contributed by atoms with van der Waals surface area (Å²) in [6.45, 7) is 8.53. The van der Waals surface area contributed by atoms with Crippen LogP contribution in [0.5, 0.6) is 0 Å². The number of nitrogens with zero attached hydrogens (tertiary/aromatic N) is 2. The van der Waals surface area contributed by atoms with Crippen LogP contribution in [0.2, 0.25) is 0 Å². The maximum absolute atomic E-state index is 14.0. The Morgan fingerprint density at radius 2 is 1.78 bits per heavy atom. The van der Waals surface area contributed by atoms with Crippen molar-refractivity contribution in [1.29, 1.82) is 0 Å².